The van der Waals surface area contributed by atoms with Crippen LogP contribution in [0.5, 0.6) is 0 Å². The topological polar surface area (TPSA) is 52.0 Å². The van der Waals surface area contributed by atoms with Crippen molar-refractivity contribution in [1.82, 2.24) is 0 Å². The van der Waals surface area contributed by atoms with Crippen molar-refractivity contribution < 1.29 is 0 Å². The summed E-state index contributed by atoms with van der Waals surface area (Å²) < 4.78 is 0. The molecule has 0 amide bonds. The average Bonchev–Trinajstić information content (AvgIpc) is 1.96. The molecule has 1 aliphatic rings. The van der Waals surface area contributed by atoms with E-state index in [2.05, 4.69) is 0 Å². The van der Waals surface area contributed by atoms with E-state index in [9.17, 15) is 0 Å². The van der Waals surface area contributed by atoms with Crippen molar-refractivity contribution in [2.24, 2.45) is 11.5 Å². The lowest BCUT2D eigenvalue weighted by atomic mass is 10.2. The highest BCUT2D eigenvalue weighted by Crippen LogP contribution is 2.10. The van der Waals surface area contributed by atoms with Crippen LogP contribution in [0.4, 0.5) is 0 Å². The molecule has 0 heterocycles. The van der Waals surface area contributed by atoms with E-state index >= 15 is 0 Å². The summed E-state index contributed by atoms with van der Waals surface area (Å²) in [4.78, 5) is 0. The van der Waals surface area contributed by atoms with Gasteiger partial charge in [-0.05, 0) is 25.5 Å². The average molecular weight is 136 g/mol. The Kier molecular flexibility index (Phi) is 1.81. The van der Waals surface area contributed by atoms with Gasteiger partial charge in [-0.1, -0.05) is 11.6 Å². The second-order valence-corrected chi connectivity index (χ2v) is 2.51. The first-order chi connectivity index (χ1) is 4.70. The third kappa shape index (κ3) is 1.41. The fourth-order valence-electron chi connectivity index (χ4n) is 0.876. The van der Waals surface area contributed by atoms with E-state index in [0.29, 0.717) is 11.4 Å². The number of allylic oxidation sites excluding steroid dienone is 4. The monoisotopic (exact) mass is 136 g/mol. The number of hydrogen-bond donors (Lipinski definition) is 2. The van der Waals surface area contributed by atoms with Crippen LogP contribution in [0, 0.1) is 0 Å². The largest absolute Gasteiger partial charge is 0.397 e. The molecule has 0 spiro atoms. The molecule has 1 aliphatic carbocycles. The Morgan fingerprint density at radius 1 is 1.30 bits per heavy atom. The van der Waals surface area contributed by atoms with E-state index in [0.717, 1.165) is 6.42 Å². The van der Waals surface area contributed by atoms with Crippen molar-refractivity contribution in [3.63, 3.8) is 0 Å². The highest BCUT2D eigenvalue weighted by Gasteiger charge is 1.96. The summed E-state index contributed by atoms with van der Waals surface area (Å²) in [6.07, 6.45) is 6.72. The van der Waals surface area contributed by atoms with Gasteiger partial charge in [-0.3, -0.25) is 0 Å². The third-order valence-corrected chi connectivity index (χ3v) is 1.47. The minimum Gasteiger partial charge on any atom is -0.397 e. The van der Waals surface area contributed by atoms with Gasteiger partial charge < -0.3 is 11.5 Å². The van der Waals surface area contributed by atoms with Crippen molar-refractivity contribution in [3.05, 3.63) is 35.2 Å². The summed E-state index contributed by atoms with van der Waals surface area (Å²) in [7, 11) is 0. The normalized spacial score (nSPS) is 18.7. The molecule has 0 atom stereocenters. The smallest absolute Gasteiger partial charge is 0.0547 e. The number of hydrogen-bond acceptors (Lipinski definition) is 2. The van der Waals surface area contributed by atoms with Crippen LogP contribution in [-0.4, -0.2) is 0 Å². The minimum absolute atomic E-state index is 0.664. The standard InChI is InChI=1S/C8H12N2/c1-6-3-2-4-7(9)8(10)5-6/h2,4-5H,3,9-10H2,1H3. The van der Waals surface area contributed by atoms with Crippen LogP contribution < -0.4 is 11.5 Å². The Morgan fingerprint density at radius 3 is 2.70 bits per heavy atom. The first kappa shape index (κ1) is 6.93. The van der Waals surface area contributed by atoms with Crippen LogP contribution >= 0.6 is 0 Å². The molecule has 10 heavy (non-hydrogen) atoms. The zero-order chi connectivity index (χ0) is 7.56. The van der Waals surface area contributed by atoms with E-state index in [1.807, 2.05) is 25.2 Å². The van der Waals surface area contributed by atoms with E-state index < -0.39 is 0 Å². The Hall–Kier alpha value is -1.18. The zero-order valence-electron chi connectivity index (χ0n) is 6.09. The lowest BCUT2D eigenvalue weighted by molar-refractivity contribution is 1.20. The molecule has 0 saturated carbocycles. The van der Waals surface area contributed by atoms with Crippen LogP contribution in [0.1, 0.15) is 13.3 Å². The second-order valence-electron chi connectivity index (χ2n) is 2.51. The lowest BCUT2D eigenvalue weighted by Gasteiger charge is -1.95. The molecule has 0 saturated heterocycles. The molecule has 0 aromatic carbocycles. The van der Waals surface area contributed by atoms with Crippen LogP contribution in [0.15, 0.2) is 35.2 Å². The van der Waals surface area contributed by atoms with Gasteiger partial charge in [0.1, 0.15) is 0 Å². The third-order valence-electron chi connectivity index (χ3n) is 1.47. The molecule has 2 heteroatoms. The second kappa shape index (κ2) is 2.60. The Bertz CT molecular complexity index is 221. The predicted octanol–water partition coefficient (Wildman–Crippen LogP) is 1.02. The van der Waals surface area contributed by atoms with Gasteiger partial charge in [-0.15, -0.1) is 0 Å². The maximum atomic E-state index is 5.60. The molecule has 0 unspecified atom stereocenters. The number of nitrogens with two attached hydrogens (primary N) is 2. The van der Waals surface area contributed by atoms with E-state index in [4.69, 9.17) is 11.5 Å². The van der Waals surface area contributed by atoms with Gasteiger partial charge in [-0.25, -0.2) is 0 Å². The summed E-state index contributed by atoms with van der Waals surface area (Å²) in [5.41, 5.74) is 13.7. The van der Waals surface area contributed by atoms with Gasteiger partial charge >= 0.3 is 0 Å². The fourth-order valence-corrected chi connectivity index (χ4v) is 0.876. The maximum Gasteiger partial charge on any atom is 0.0547 e. The van der Waals surface area contributed by atoms with Crippen LogP contribution in [-0.2, 0) is 0 Å². The van der Waals surface area contributed by atoms with Crippen molar-refractivity contribution in [1.29, 1.82) is 0 Å². The van der Waals surface area contributed by atoms with Gasteiger partial charge in [0.25, 0.3) is 0 Å². The molecule has 0 aliphatic heterocycles. The van der Waals surface area contributed by atoms with Crippen molar-refractivity contribution in [3.8, 4) is 0 Å². The summed E-state index contributed by atoms with van der Waals surface area (Å²) in [5.74, 6) is 0. The molecule has 1 rings (SSSR count). The fraction of sp³-hybridized carbons (Fsp3) is 0.250. The molecule has 54 valence electrons. The molecule has 0 aromatic rings. The Morgan fingerprint density at radius 2 is 2.00 bits per heavy atom. The molecular weight excluding hydrogens is 124 g/mol. The van der Waals surface area contributed by atoms with Gasteiger partial charge in [0.05, 0.1) is 11.4 Å². The molecular formula is C8H12N2. The van der Waals surface area contributed by atoms with E-state index in [1.54, 1.807) is 0 Å². The van der Waals surface area contributed by atoms with Crippen molar-refractivity contribution in [2.45, 2.75) is 13.3 Å². The first-order valence-electron chi connectivity index (χ1n) is 3.29. The van der Waals surface area contributed by atoms with Crippen LogP contribution in [0.2, 0.25) is 0 Å². The summed E-state index contributed by atoms with van der Waals surface area (Å²) >= 11 is 0. The van der Waals surface area contributed by atoms with Crippen LogP contribution in [0.25, 0.3) is 0 Å². The zero-order valence-corrected chi connectivity index (χ0v) is 6.09. The van der Waals surface area contributed by atoms with Crippen molar-refractivity contribution >= 4 is 0 Å². The summed E-state index contributed by atoms with van der Waals surface area (Å²) in [6.45, 7) is 2.04. The quantitative estimate of drug-likeness (QED) is 0.522. The molecule has 0 fully saturated rings. The molecule has 0 bridgehead atoms. The van der Waals surface area contributed by atoms with E-state index in [1.165, 1.54) is 5.57 Å². The first-order valence-corrected chi connectivity index (χ1v) is 3.29. The lowest BCUT2D eigenvalue weighted by Crippen LogP contribution is -2.04. The molecule has 0 radical (unpaired) electrons. The highest BCUT2D eigenvalue weighted by atomic mass is 14.7. The summed E-state index contributed by atoms with van der Waals surface area (Å²) in [5, 5.41) is 0. The van der Waals surface area contributed by atoms with Crippen molar-refractivity contribution in [2.75, 3.05) is 0 Å². The van der Waals surface area contributed by atoms with E-state index in [-0.39, 0.29) is 0 Å². The van der Waals surface area contributed by atoms with Crippen LogP contribution in [0.3, 0.4) is 0 Å². The summed E-state index contributed by atoms with van der Waals surface area (Å²) in [6, 6.07) is 0. The highest BCUT2D eigenvalue weighted by molar-refractivity contribution is 5.34. The predicted molar refractivity (Wildman–Crippen MR) is 42.9 cm³/mol. The Balaban J connectivity index is 2.98. The SMILES string of the molecule is CC1=CC(N)=C(N)C=CC1. The van der Waals surface area contributed by atoms with Gasteiger partial charge in [-0.2, -0.15) is 0 Å². The minimum atomic E-state index is 0.664. The maximum absolute atomic E-state index is 5.60. The molecule has 2 nitrogen and oxygen atoms in total. The van der Waals surface area contributed by atoms with Gasteiger partial charge in [0, 0.05) is 0 Å². The molecule has 4 N–H and O–H groups in total. The molecule has 0 aromatic heterocycles. The van der Waals surface area contributed by atoms with Gasteiger partial charge in [0.15, 0.2) is 0 Å². The number of rotatable bonds is 0. The Labute approximate surface area is 60.9 Å². The van der Waals surface area contributed by atoms with Gasteiger partial charge in [0.2, 0.25) is 0 Å².